The molecule has 0 spiro atoms. The summed E-state index contributed by atoms with van der Waals surface area (Å²) in [5.41, 5.74) is -0.00297. The average Bonchev–Trinajstić information content (AvgIpc) is 2.42. The van der Waals surface area contributed by atoms with Crippen molar-refractivity contribution in [2.24, 2.45) is 0 Å². The maximum atomic E-state index is 11.9. The van der Waals surface area contributed by atoms with Gasteiger partial charge in [-0.15, -0.1) is 0 Å². The number of nitrogens with zero attached hydrogens (tertiary/aromatic N) is 1. The number of nitro benzene ring substituents is 1. The van der Waals surface area contributed by atoms with Crippen LogP contribution in [0.15, 0.2) is 36.4 Å². The molecule has 0 atom stereocenters. The largest absolute Gasteiger partial charge is 0.420 e. The van der Waals surface area contributed by atoms with E-state index in [-0.39, 0.29) is 27.0 Å². The minimum Gasteiger partial charge on any atom is -0.420 e. The molecule has 2 rings (SSSR count). The van der Waals surface area contributed by atoms with Gasteiger partial charge in [0.25, 0.3) is 5.69 Å². The quantitative estimate of drug-likeness (QED) is 0.347. The molecule has 0 aromatic heterocycles. The van der Waals surface area contributed by atoms with Crippen molar-refractivity contribution in [3.8, 4) is 5.75 Å². The van der Waals surface area contributed by atoms with Gasteiger partial charge in [-0.2, -0.15) is 0 Å². The van der Waals surface area contributed by atoms with E-state index in [4.69, 9.17) is 39.5 Å². The summed E-state index contributed by atoms with van der Waals surface area (Å²) in [6, 6.07) is 7.71. The van der Waals surface area contributed by atoms with Crippen molar-refractivity contribution in [3.05, 3.63) is 67.1 Å². The molecule has 5 nitrogen and oxygen atoms in total. The zero-order valence-electron chi connectivity index (χ0n) is 10.2. The van der Waals surface area contributed by atoms with E-state index >= 15 is 0 Å². The van der Waals surface area contributed by atoms with Crippen LogP contribution in [0.1, 0.15) is 10.4 Å². The molecule has 0 heterocycles. The van der Waals surface area contributed by atoms with Gasteiger partial charge in [0.05, 0.1) is 20.5 Å². The fourth-order valence-corrected chi connectivity index (χ4v) is 2.39. The number of benzene rings is 2. The summed E-state index contributed by atoms with van der Waals surface area (Å²) in [6.45, 7) is 0. The van der Waals surface area contributed by atoms with Crippen molar-refractivity contribution in [2.45, 2.75) is 0 Å². The Morgan fingerprint density at radius 3 is 2.05 bits per heavy atom. The molecule has 0 radical (unpaired) electrons. The summed E-state index contributed by atoms with van der Waals surface area (Å²) in [6.07, 6.45) is 0. The molecule has 21 heavy (non-hydrogen) atoms. The van der Waals surface area contributed by atoms with Crippen LogP contribution in [0, 0.1) is 10.1 Å². The lowest BCUT2D eigenvalue weighted by atomic mass is 10.2. The first-order chi connectivity index (χ1) is 9.88. The van der Waals surface area contributed by atoms with Crippen LogP contribution < -0.4 is 4.74 Å². The first-order valence-corrected chi connectivity index (χ1v) is 6.63. The predicted molar refractivity (Wildman–Crippen MR) is 79.5 cm³/mol. The van der Waals surface area contributed by atoms with Crippen molar-refractivity contribution >= 4 is 46.5 Å². The number of hydrogen-bond acceptors (Lipinski definition) is 4. The van der Waals surface area contributed by atoms with Gasteiger partial charge in [-0.1, -0.05) is 34.8 Å². The highest BCUT2D eigenvalue weighted by Gasteiger charge is 2.16. The Balaban J connectivity index is 2.24. The third-order valence-electron chi connectivity index (χ3n) is 2.47. The van der Waals surface area contributed by atoms with E-state index in [0.29, 0.717) is 5.02 Å². The number of rotatable bonds is 3. The number of esters is 1. The number of non-ortho nitro benzene ring substituents is 1. The fraction of sp³-hybridized carbons (Fsp3) is 0. The number of carbonyl (C=O) groups is 1. The lowest BCUT2D eigenvalue weighted by Gasteiger charge is -2.08. The van der Waals surface area contributed by atoms with Gasteiger partial charge in [-0.25, -0.2) is 4.79 Å². The van der Waals surface area contributed by atoms with Gasteiger partial charge < -0.3 is 4.74 Å². The highest BCUT2D eigenvalue weighted by Crippen LogP contribution is 2.36. The van der Waals surface area contributed by atoms with Crippen LogP contribution in [-0.4, -0.2) is 10.9 Å². The molecule has 0 unspecified atom stereocenters. The van der Waals surface area contributed by atoms with Gasteiger partial charge in [0.15, 0.2) is 5.75 Å². The summed E-state index contributed by atoms with van der Waals surface area (Å²) in [7, 11) is 0. The van der Waals surface area contributed by atoms with Crippen LogP contribution in [0.2, 0.25) is 15.1 Å². The maximum Gasteiger partial charge on any atom is 0.343 e. The van der Waals surface area contributed by atoms with E-state index in [2.05, 4.69) is 0 Å². The Bertz CT molecular complexity index is 693. The number of ether oxygens (including phenoxy) is 1. The van der Waals surface area contributed by atoms with Gasteiger partial charge in [0.1, 0.15) is 0 Å². The topological polar surface area (TPSA) is 69.4 Å². The van der Waals surface area contributed by atoms with Crippen molar-refractivity contribution < 1.29 is 14.5 Å². The van der Waals surface area contributed by atoms with Crippen molar-refractivity contribution in [3.63, 3.8) is 0 Å². The van der Waals surface area contributed by atoms with Gasteiger partial charge >= 0.3 is 5.97 Å². The second kappa shape index (κ2) is 6.30. The standard InChI is InChI=1S/C13H6Cl3NO4/c14-8-5-10(15)12(11(16)6-8)21-13(18)7-1-3-9(4-2-7)17(19)20/h1-6H. The zero-order valence-corrected chi connectivity index (χ0v) is 12.4. The maximum absolute atomic E-state index is 11.9. The van der Waals surface area contributed by atoms with Crippen LogP contribution in [0.4, 0.5) is 5.69 Å². The van der Waals surface area contributed by atoms with Gasteiger partial charge in [-0.3, -0.25) is 10.1 Å². The summed E-state index contributed by atoms with van der Waals surface area (Å²) < 4.78 is 5.09. The molecule has 0 amide bonds. The zero-order chi connectivity index (χ0) is 15.6. The molecule has 2 aromatic carbocycles. The SMILES string of the molecule is O=C(Oc1c(Cl)cc(Cl)cc1Cl)c1ccc([N+](=O)[O-])cc1. The van der Waals surface area contributed by atoms with Gasteiger partial charge in [-0.05, 0) is 24.3 Å². The second-order valence-electron chi connectivity index (χ2n) is 3.89. The predicted octanol–water partition coefficient (Wildman–Crippen LogP) is 4.77. The van der Waals surface area contributed by atoms with Crippen LogP contribution in [-0.2, 0) is 0 Å². The second-order valence-corrected chi connectivity index (χ2v) is 5.14. The molecule has 0 saturated heterocycles. The first kappa shape index (κ1) is 15.6. The van der Waals surface area contributed by atoms with Crippen LogP contribution in [0.5, 0.6) is 5.75 Å². The molecule has 0 fully saturated rings. The number of nitro groups is 1. The summed E-state index contributed by atoms with van der Waals surface area (Å²) in [5.74, 6) is -0.762. The van der Waals surface area contributed by atoms with Crippen LogP contribution in [0.3, 0.4) is 0 Å². The molecular weight excluding hydrogens is 341 g/mol. The normalized spacial score (nSPS) is 10.2. The van der Waals surface area contributed by atoms with E-state index in [1.165, 1.54) is 36.4 Å². The molecular formula is C13H6Cl3NO4. The first-order valence-electron chi connectivity index (χ1n) is 5.49. The van der Waals surface area contributed by atoms with E-state index < -0.39 is 10.9 Å². The van der Waals surface area contributed by atoms with Crippen molar-refractivity contribution in [1.29, 1.82) is 0 Å². The van der Waals surface area contributed by atoms with Gasteiger partial charge in [0, 0.05) is 17.2 Å². The number of hydrogen-bond donors (Lipinski definition) is 0. The van der Waals surface area contributed by atoms with Crippen LogP contribution >= 0.6 is 34.8 Å². The summed E-state index contributed by atoms with van der Waals surface area (Å²) in [5, 5.41) is 11.0. The van der Waals surface area contributed by atoms with Crippen molar-refractivity contribution in [2.75, 3.05) is 0 Å². The minimum absolute atomic E-state index is 0.0221. The Morgan fingerprint density at radius 2 is 1.57 bits per heavy atom. The van der Waals surface area contributed by atoms with E-state index in [1.807, 2.05) is 0 Å². The third kappa shape index (κ3) is 3.64. The van der Waals surface area contributed by atoms with Gasteiger partial charge in [0.2, 0.25) is 0 Å². The minimum atomic E-state index is -0.740. The Kier molecular flexibility index (Phi) is 4.67. The average molecular weight is 347 g/mol. The smallest absolute Gasteiger partial charge is 0.343 e. The molecule has 108 valence electrons. The molecule has 0 saturated carbocycles. The molecule has 2 aromatic rings. The summed E-state index contributed by atoms with van der Waals surface area (Å²) in [4.78, 5) is 21.9. The Hall–Kier alpha value is -1.82. The fourth-order valence-electron chi connectivity index (χ4n) is 1.50. The molecule has 8 heteroatoms. The lowest BCUT2D eigenvalue weighted by Crippen LogP contribution is -2.09. The molecule has 0 aliphatic carbocycles. The van der Waals surface area contributed by atoms with E-state index in [1.54, 1.807) is 0 Å². The highest BCUT2D eigenvalue weighted by atomic mass is 35.5. The third-order valence-corrected chi connectivity index (χ3v) is 3.25. The van der Waals surface area contributed by atoms with E-state index in [0.717, 1.165) is 0 Å². The monoisotopic (exact) mass is 345 g/mol. The Labute approximate surface area is 134 Å². The highest BCUT2D eigenvalue weighted by molar-refractivity contribution is 6.40. The number of carbonyl (C=O) groups excluding carboxylic acids is 1. The van der Waals surface area contributed by atoms with Crippen LogP contribution in [0.25, 0.3) is 0 Å². The molecule has 0 N–H and O–H groups in total. The summed E-state index contributed by atoms with van der Waals surface area (Å²) >= 11 is 17.5. The number of halogens is 3. The lowest BCUT2D eigenvalue weighted by molar-refractivity contribution is -0.384. The molecule has 0 bridgehead atoms. The van der Waals surface area contributed by atoms with Crippen molar-refractivity contribution in [1.82, 2.24) is 0 Å². The molecule has 0 aliphatic rings. The Morgan fingerprint density at radius 1 is 1.05 bits per heavy atom. The molecule has 0 aliphatic heterocycles. The van der Waals surface area contributed by atoms with E-state index in [9.17, 15) is 14.9 Å².